The number of aliphatic imine (C=N–C) groups is 1. The highest BCUT2D eigenvalue weighted by Crippen LogP contribution is 2.18. The van der Waals surface area contributed by atoms with Gasteiger partial charge in [0, 0.05) is 78.0 Å². The Morgan fingerprint density at radius 2 is 1.87 bits per heavy atom. The molecule has 2 aliphatic heterocycles. The van der Waals surface area contributed by atoms with Gasteiger partial charge in [0.1, 0.15) is 5.82 Å². The van der Waals surface area contributed by atoms with Crippen LogP contribution in [0.1, 0.15) is 12.8 Å². The zero-order chi connectivity index (χ0) is 20.6. The number of likely N-dealkylation sites (tertiary alicyclic amines) is 1. The third-order valence-corrected chi connectivity index (χ3v) is 5.65. The fourth-order valence-corrected chi connectivity index (χ4v) is 4.03. The van der Waals surface area contributed by atoms with Crippen LogP contribution in [0.5, 0.6) is 0 Å². The Kier molecular flexibility index (Phi) is 10.1. The molecule has 2 saturated heterocycles. The van der Waals surface area contributed by atoms with Gasteiger partial charge in [-0.3, -0.25) is 9.79 Å². The number of anilines is 1. The topological polar surface area (TPSA) is 60.4 Å². The molecule has 1 N–H and O–H groups in total. The van der Waals surface area contributed by atoms with Crippen molar-refractivity contribution in [3.05, 3.63) is 30.1 Å². The SMILES string of the molecule is CN=C(NCCC(=O)N1CCN(c2ccc(F)cc2)CC1)N1CCC(COC)C1.I. The normalized spacial score (nSPS) is 19.6. The van der Waals surface area contributed by atoms with Crippen LogP contribution in [0.15, 0.2) is 29.3 Å². The van der Waals surface area contributed by atoms with Crippen molar-refractivity contribution < 1.29 is 13.9 Å². The number of nitrogens with one attached hydrogen (secondary N) is 1. The molecule has 7 nitrogen and oxygen atoms in total. The number of guanidine groups is 1. The molecule has 1 unspecified atom stereocenters. The van der Waals surface area contributed by atoms with E-state index in [0.717, 1.165) is 50.9 Å². The van der Waals surface area contributed by atoms with Crippen molar-refractivity contribution in [2.45, 2.75) is 12.8 Å². The highest BCUT2D eigenvalue weighted by Gasteiger charge is 2.25. The number of carbonyl (C=O) groups excluding carboxylic acids is 1. The first-order chi connectivity index (χ1) is 14.1. The standard InChI is InChI=1S/C21H32FN5O2.HI/c1-23-21(27-10-8-17(15-27)16-29-2)24-9-7-20(28)26-13-11-25(12-14-26)19-5-3-18(22)4-6-19;/h3-6,17H,7-16H2,1-2H3,(H,23,24);1H. The number of halogens is 2. The quantitative estimate of drug-likeness (QED) is 0.345. The van der Waals surface area contributed by atoms with Gasteiger partial charge < -0.3 is 24.8 Å². The molecule has 2 heterocycles. The van der Waals surface area contributed by atoms with E-state index in [4.69, 9.17) is 4.74 Å². The van der Waals surface area contributed by atoms with E-state index in [-0.39, 0.29) is 35.7 Å². The number of ether oxygens (including phenoxy) is 1. The Morgan fingerprint density at radius 3 is 2.50 bits per heavy atom. The molecule has 0 aromatic heterocycles. The summed E-state index contributed by atoms with van der Waals surface area (Å²) >= 11 is 0. The smallest absolute Gasteiger partial charge is 0.224 e. The van der Waals surface area contributed by atoms with Gasteiger partial charge in [-0.05, 0) is 30.7 Å². The lowest BCUT2D eigenvalue weighted by atomic mass is 10.1. The van der Waals surface area contributed by atoms with Gasteiger partial charge >= 0.3 is 0 Å². The van der Waals surface area contributed by atoms with E-state index in [2.05, 4.69) is 20.1 Å². The minimum Gasteiger partial charge on any atom is -0.384 e. The molecule has 9 heteroatoms. The number of piperazine rings is 1. The maximum Gasteiger partial charge on any atom is 0.224 e. The summed E-state index contributed by atoms with van der Waals surface area (Å²) in [5.41, 5.74) is 1.00. The minimum atomic E-state index is -0.229. The second-order valence-electron chi connectivity index (χ2n) is 7.62. The molecule has 168 valence electrons. The van der Waals surface area contributed by atoms with Crippen LogP contribution >= 0.6 is 24.0 Å². The first-order valence-electron chi connectivity index (χ1n) is 10.3. The monoisotopic (exact) mass is 533 g/mol. The predicted octanol–water partition coefficient (Wildman–Crippen LogP) is 2.03. The minimum absolute atomic E-state index is 0. The molecule has 2 aliphatic rings. The van der Waals surface area contributed by atoms with Gasteiger partial charge in [0.15, 0.2) is 5.96 Å². The number of rotatable bonds is 6. The summed E-state index contributed by atoms with van der Waals surface area (Å²) in [6.07, 6.45) is 1.55. The molecule has 1 atom stereocenters. The van der Waals surface area contributed by atoms with Gasteiger partial charge in [0.2, 0.25) is 5.91 Å². The van der Waals surface area contributed by atoms with Crippen molar-refractivity contribution in [3.63, 3.8) is 0 Å². The van der Waals surface area contributed by atoms with Gasteiger partial charge in [-0.25, -0.2) is 4.39 Å². The van der Waals surface area contributed by atoms with Crippen LogP contribution in [-0.4, -0.2) is 88.2 Å². The van der Waals surface area contributed by atoms with E-state index in [0.29, 0.717) is 32.0 Å². The van der Waals surface area contributed by atoms with Crippen LogP contribution in [0, 0.1) is 11.7 Å². The summed E-state index contributed by atoms with van der Waals surface area (Å²) < 4.78 is 18.3. The molecule has 0 bridgehead atoms. The molecule has 3 rings (SSSR count). The number of benzene rings is 1. The van der Waals surface area contributed by atoms with Crippen LogP contribution in [0.25, 0.3) is 0 Å². The number of methoxy groups -OCH3 is 1. The summed E-state index contributed by atoms with van der Waals surface area (Å²) in [5, 5.41) is 3.33. The van der Waals surface area contributed by atoms with E-state index in [1.54, 1.807) is 26.3 Å². The Bertz CT molecular complexity index is 695. The molecule has 0 radical (unpaired) electrons. The van der Waals surface area contributed by atoms with Crippen LogP contribution in [0.2, 0.25) is 0 Å². The zero-order valence-corrected chi connectivity index (χ0v) is 20.2. The number of carbonyl (C=O) groups is 1. The molecule has 1 amide bonds. The number of hydrogen-bond donors (Lipinski definition) is 1. The van der Waals surface area contributed by atoms with E-state index >= 15 is 0 Å². The molecular formula is C21H33FIN5O2. The summed E-state index contributed by atoms with van der Waals surface area (Å²) in [6, 6.07) is 6.53. The third kappa shape index (κ3) is 6.69. The molecule has 30 heavy (non-hydrogen) atoms. The maximum atomic E-state index is 13.1. The lowest BCUT2D eigenvalue weighted by Crippen LogP contribution is -2.49. The van der Waals surface area contributed by atoms with E-state index in [1.165, 1.54) is 12.1 Å². The predicted molar refractivity (Wildman–Crippen MR) is 128 cm³/mol. The van der Waals surface area contributed by atoms with E-state index < -0.39 is 0 Å². The fraction of sp³-hybridized carbons (Fsp3) is 0.619. The molecule has 0 spiro atoms. The Labute approximate surface area is 195 Å². The Morgan fingerprint density at radius 1 is 1.17 bits per heavy atom. The van der Waals surface area contributed by atoms with Gasteiger partial charge in [-0.15, -0.1) is 24.0 Å². The molecule has 1 aromatic carbocycles. The number of hydrogen-bond acceptors (Lipinski definition) is 4. The number of amides is 1. The van der Waals surface area contributed by atoms with Crippen LogP contribution in [0.4, 0.5) is 10.1 Å². The molecule has 0 aliphatic carbocycles. The summed E-state index contributed by atoms with van der Waals surface area (Å²) in [5.74, 6) is 1.33. The van der Waals surface area contributed by atoms with Crippen LogP contribution in [-0.2, 0) is 9.53 Å². The van der Waals surface area contributed by atoms with Crippen molar-refractivity contribution in [1.82, 2.24) is 15.1 Å². The molecule has 1 aromatic rings. The first kappa shape index (κ1) is 24.6. The molecular weight excluding hydrogens is 500 g/mol. The maximum absolute atomic E-state index is 13.1. The van der Waals surface area contributed by atoms with Gasteiger partial charge in [0.05, 0.1) is 6.61 Å². The largest absolute Gasteiger partial charge is 0.384 e. The average molecular weight is 533 g/mol. The second-order valence-corrected chi connectivity index (χ2v) is 7.62. The lowest BCUT2D eigenvalue weighted by molar-refractivity contribution is -0.131. The van der Waals surface area contributed by atoms with Crippen LogP contribution < -0.4 is 10.2 Å². The van der Waals surface area contributed by atoms with Crippen molar-refractivity contribution in [1.29, 1.82) is 0 Å². The summed E-state index contributed by atoms with van der Waals surface area (Å²) in [4.78, 5) is 23.2. The highest BCUT2D eigenvalue weighted by molar-refractivity contribution is 14.0. The Balaban J connectivity index is 0.00000320. The van der Waals surface area contributed by atoms with Crippen LogP contribution in [0.3, 0.4) is 0 Å². The van der Waals surface area contributed by atoms with Crippen molar-refractivity contribution in [2.75, 3.05) is 71.5 Å². The first-order valence-corrected chi connectivity index (χ1v) is 10.3. The van der Waals surface area contributed by atoms with Crippen molar-refractivity contribution >= 4 is 41.5 Å². The fourth-order valence-electron chi connectivity index (χ4n) is 4.03. The van der Waals surface area contributed by atoms with Gasteiger partial charge in [-0.2, -0.15) is 0 Å². The van der Waals surface area contributed by atoms with Gasteiger partial charge in [-0.1, -0.05) is 0 Å². The molecule has 2 fully saturated rings. The number of nitrogens with zero attached hydrogens (tertiary/aromatic N) is 4. The summed E-state index contributed by atoms with van der Waals surface area (Å²) in [7, 11) is 3.52. The van der Waals surface area contributed by atoms with Gasteiger partial charge in [0.25, 0.3) is 0 Å². The lowest BCUT2D eigenvalue weighted by Gasteiger charge is -2.36. The average Bonchev–Trinajstić information content (AvgIpc) is 3.20. The van der Waals surface area contributed by atoms with E-state index in [9.17, 15) is 9.18 Å². The Hall–Kier alpha value is -1.62. The molecule has 0 saturated carbocycles. The van der Waals surface area contributed by atoms with Crippen molar-refractivity contribution in [2.24, 2.45) is 10.9 Å². The van der Waals surface area contributed by atoms with E-state index in [1.807, 2.05) is 4.90 Å². The van der Waals surface area contributed by atoms with Crippen molar-refractivity contribution in [3.8, 4) is 0 Å². The summed E-state index contributed by atoms with van der Waals surface area (Å²) in [6.45, 7) is 6.17. The third-order valence-electron chi connectivity index (χ3n) is 5.65. The second kappa shape index (κ2) is 12.3. The zero-order valence-electron chi connectivity index (χ0n) is 17.8. The highest BCUT2D eigenvalue weighted by atomic mass is 127.